The maximum absolute atomic E-state index is 12.1. The Balaban J connectivity index is 1.95. The van der Waals surface area contributed by atoms with E-state index in [4.69, 9.17) is 21.1 Å². The lowest BCUT2D eigenvalue weighted by Crippen LogP contribution is -2.46. The number of rotatable bonds is 2. The summed E-state index contributed by atoms with van der Waals surface area (Å²) < 4.78 is 11.1. The van der Waals surface area contributed by atoms with E-state index in [-0.39, 0.29) is 18.2 Å². The lowest BCUT2D eigenvalue weighted by Gasteiger charge is -2.33. The number of carbonyl (C=O) groups excluding carboxylic acids is 1. The SMILES string of the molecule is Cc1cnc(OC2CCCN(C(=O)OC(C)(C)C)C2)nc1Cl. The van der Waals surface area contributed by atoms with Crippen LogP contribution >= 0.6 is 11.6 Å². The van der Waals surface area contributed by atoms with Crippen LogP contribution in [0, 0.1) is 6.92 Å². The Hall–Kier alpha value is -1.56. The highest BCUT2D eigenvalue weighted by molar-refractivity contribution is 6.30. The lowest BCUT2D eigenvalue weighted by atomic mass is 10.1. The number of aromatic nitrogens is 2. The van der Waals surface area contributed by atoms with Gasteiger partial charge in [0, 0.05) is 18.3 Å². The predicted molar refractivity (Wildman–Crippen MR) is 83.2 cm³/mol. The highest BCUT2D eigenvalue weighted by Gasteiger charge is 2.29. The van der Waals surface area contributed by atoms with E-state index in [1.165, 1.54) is 0 Å². The molecule has 0 saturated carbocycles. The van der Waals surface area contributed by atoms with Crippen LogP contribution in [-0.2, 0) is 4.74 Å². The molecule has 22 heavy (non-hydrogen) atoms. The highest BCUT2D eigenvalue weighted by atomic mass is 35.5. The Morgan fingerprint density at radius 1 is 1.45 bits per heavy atom. The fourth-order valence-electron chi connectivity index (χ4n) is 2.14. The predicted octanol–water partition coefficient (Wildman–Crippen LogP) is 3.22. The van der Waals surface area contributed by atoms with Gasteiger partial charge in [-0.15, -0.1) is 0 Å². The van der Waals surface area contributed by atoms with E-state index in [1.807, 2.05) is 27.7 Å². The Kier molecular flexibility index (Phi) is 5.11. The van der Waals surface area contributed by atoms with Crippen molar-refractivity contribution in [2.24, 2.45) is 0 Å². The van der Waals surface area contributed by atoms with E-state index < -0.39 is 5.60 Å². The number of likely N-dealkylation sites (tertiary alicyclic amines) is 1. The normalized spacial score (nSPS) is 19.0. The standard InChI is InChI=1S/C15H22ClN3O3/c1-10-8-17-13(18-12(10)16)21-11-6-5-7-19(9-11)14(20)22-15(2,3)4/h8,11H,5-7,9H2,1-4H3. The third-order valence-electron chi connectivity index (χ3n) is 3.19. The summed E-state index contributed by atoms with van der Waals surface area (Å²) >= 11 is 5.97. The van der Waals surface area contributed by atoms with E-state index in [1.54, 1.807) is 11.1 Å². The van der Waals surface area contributed by atoms with Crippen LogP contribution in [0.5, 0.6) is 6.01 Å². The van der Waals surface area contributed by atoms with Gasteiger partial charge >= 0.3 is 12.1 Å². The summed E-state index contributed by atoms with van der Waals surface area (Å²) in [6.45, 7) is 8.52. The van der Waals surface area contributed by atoms with Gasteiger partial charge in [-0.05, 0) is 40.5 Å². The molecule has 2 heterocycles. The second-order valence-electron chi connectivity index (χ2n) is 6.43. The van der Waals surface area contributed by atoms with Crippen molar-refractivity contribution in [2.75, 3.05) is 13.1 Å². The Morgan fingerprint density at radius 3 is 2.82 bits per heavy atom. The number of ether oxygens (including phenoxy) is 2. The minimum Gasteiger partial charge on any atom is -0.458 e. The van der Waals surface area contributed by atoms with Crippen molar-refractivity contribution in [1.82, 2.24) is 14.9 Å². The number of piperidine rings is 1. The molecule has 1 unspecified atom stereocenters. The fourth-order valence-corrected chi connectivity index (χ4v) is 2.26. The van der Waals surface area contributed by atoms with Crippen LogP contribution in [0.15, 0.2) is 6.20 Å². The van der Waals surface area contributed by atoms with Gasteiger partial charge in [0.15, 0.2) is 0 Å². The maximum Gasteiger partial charge on any atom is 0.410 e. The number of hydrogen-bond donors (Lipinski definition) is 0. The van der Waals surface area contributed by atoms with Crippen LogP contribution in [0.25, 0.3) is 0 Å². The monoisotopic (exact) mass is 327 g/mol. The van der Waals surface area contributed by atoms with E-state index >= 15 is 0 Å². The molecule has 0 N–H and O–H groups in total. The molecule has 1 aromatic rings. The largest absolute Gasteiger partial charge is 0.458 e. The van der Waals surface area contributed by atoms with Crippen LogP contribution in [-0.4, -0.2) is 45.8 Å². The molecular formula is C15H22ClN3O3. The van der Waals surface area contributed by atoms with E-state index in [2.05, 4.69) is 9.97 Å². The van der Waals surface area contributed by atoms with Gasteiger partial charge < -0.3 is 14.4 Å². The molecule has 1 fully saturated rings. The summed E-state index contributed by atoms with van der Waals surface area (Å²) in [4.78, 5) is 22.0. The quantitative estimate of drug-likeness (QED) is 0.780. The first-order valence-corrected chi connectivity index (χ1v) is 7.76. The van der Waals surface area contributed by atoms with Crippen molar-refractivity contribution in [1.29, 1.82) is 0 Å². The molecule has 1 aliphatic heterocycles. The average Bonchev–Trinajstić information content (AvgIpc) is 2.41. The fraction of sp³-hybridized carbons (Fsp3) is 0.667. The summed E-state index contributed by atoms with van der Waals surface area (Å²) in [6, 6.07) is 0.242. The molecule has 0 aliphatic carbocycles. The summed E-state index contributed by atoms with van der Waals surface area (Å²) in [5.74, 6) is 0. The van der Waals surface area contributed by atoms with Crippen LogP contribution in [0.2, 0.25) is 5.15 Å². The van der Waals surface area contributed by atoms with Crippen LogP contribution in [0.3, 0.4) is 0 Å². The third-order valence-corrected chi connectivity index (χ3v) is 3.57. The summed E-state index contributed by atoms with van der Waals surface area (Å²) in [5.41, 5.74) is 0.298. The van der Waals surface area contributed by atoms with Gasteiger partial charge in [0.2, 0.25) is 0 Å². The van der Waals surface area contributed by atoms with E-state index in [0.29, 0.717) is 18.2 Å². The molecule has 1 amide bonds. The molecule has 1 aromatic heterocycles. The van der Waals surface area contributed by atoms with Crippen LogP contribution in [0.1, 0.15) is 39.2 Å². The molecule has 1 saturated heterocycles. The zero-order valence-corrected chi connectivity index (χ0v) is 14.2. The van der Waals surface area contributed by atoms with E-state index in [9.17, 15) is 4.79 Å². The van der Waals surface area contributed by atoms with Gasteiger partial charge in [0.25, 0.3) is 0 Å². The van der Waals surface area contributed by atoms with Gasteiger partial charge in [-0.3, -0.25) is 0 Å². The zero-order valence-electron chi connectivity index (χ0n) is 13.4. The summed E-state index contributed by atoms with van der Waals surface area (Å²) in [7, 11) is 0. The number of hydrogen-bond acceptors (Lipinski definition) is 5. The Labute approximate surface area is 135 Å². The van der Waals surface area contributed by atoms with Gasteiger partial charge in [0.05, 0.1) is 6.54 Å². The first kappa shape index (κ1) is 16.8. The van der Waals surface area contributed by atoms with Crippen molar-refractivity contribution in [2.45, 2.75) is 52.2 Å². The van der Waals surface area contributed by atoms with Crippen molar-refractivity contribution in [3.63, 3.8) is 0 Å². The van der Waals surface area contributed by atoms with Crippen molar-refractivity contribution < 1.29 is 14.3 Å². The third kappa shape index (κ3) is 4.73. The Bertz CT molecular complexity index is 545. The van der Waals surface area contributed by atoms with Gasteiger partial charge in [-0.1, -0.05) is 11.6 Å². The number of aryl methyl sites for hydroxylation is 1. The van der Waals surface area contributed by atoms with E-state index in [0.717, 1.165) is 18.4 Å². The molecule has 0 bridgehead atoms. The zero-order chi connectivity index (χ0) is 16.3. The van der Waals surface area contributed by atoms with Gasteiger partial charge in [-0.25, -0.2) is 9.78 Å². The highest BCUT2D eigenvalue weighted by Crippen LogP contribution is 2.20. The number of amides is 1. The van der Waals surface area contributed by atoms with Crippen LogP contribution in [0.4, 0.5) is 4.79 Å². The van der Waals surface area contributed by atoms with Crippen LogP contribution < -0.4 is 4.74 Å². The van der Waals surface area contributed by atoms with Crippen molar-refractivity contribution >= 4 is 17.7 Å². The number of carbonyl (C=O) groups is 1. The Morgan fingerprint density at radius 2 is 2.18 bits per heavy atom. The van der Waals surface area contributed by atoms with Gasteiger partial charge in [-0.2, -0.15) is 4.98 Å². The maximum atomic E-state index is 12.1. The molecular weight excluding hydrogens is 306 g/mol. The molecule has 1 aliphatic rings. The first-order valence-electron chi connectivity index (χ1n) is 7.38. The molecule has 0 aromatic carbocycles. The molecule has 1 atom stereocenters. The molecule has 0 radical (unpaired) electrons. The first-order chi connectivity index (χ1) is 10.2. The minimum atomic E-state index is -0.502. The van der Waals surface area contributed by atoms with Crippen molar-refractivity contribution in [3.8, 4) is 6.01 Å². The van der Waals surface area contributed by atoms with Crippen molar-refractivity contribution in [3.05, 3.63) is 16.9 Å². The molecule has 6 nitrogen and oxygen atoms in total. The van der Waals surface area contributed by atoms with Gasteiger partial charge in [0.1, 0.15) is 16.9 Å². The molecule has 2 rings (SSSR count). The smallest absolute Gasteiger partial charge is 0.410 e. The molecule has 7 heteroatoms. The number of nitrogens with zero attached hydrogens (tertiary/aromatic N) is 3. The lowest BCUT2D eigenvalue weighted by molar-refractivity contribution is 0.00660. The second kappa shape index (κ2) is 6.69. The molecule has 0 spiro atoms. The minimum absolute atomic E-state index is 0.153. The number of halogens is 1. The summed E-state index contributed by atoms with van der Waals surface area (Å²) in [5, 5.41) is 0.379. The summed E-state index contributed by atoms with van der Waals surface area (Å²) in [6.07, 6.45) is 2.85. The topological polar surface area (TPSA) is 64.5 Å². The molecule has 122 valence electrons. The average molecular weight is 328 g/mol. The second-order valence-corrected chi connectivity index (χ2v) is 6.79.